The summed E-state index contributed by atoms with van der Waals surface area (Å²) in [5.41, 5.74) is 0.0654. The van der Waals surface area contributed by atoms with E-state index in [0.29, 0.717) is 5.76 Å². The van der Waals surface area contributed by atoms with Gasteiger partial charge < -0.3 is 9.64 Å². The number of cyclic esters (lactones) is 1. The van der Waals surface area contributed by atoms with Crippen LogP contribution in [0.4, 0.5) is 0 Å². The smallest absolute Gasteiger partial charge is 0.348 e. The van der Waals surface area contributed by atoms with Crippen LogP contribution in [0.3, 0.4) is 0 Å². The SMILES string of the molecule is CC1=CC(=O)/C(=C/N(C)C)C(=O)O1. The van der Waals surface area contributed by atoms with Crippen LogP contribution in [0.25, 0.3) is 0 Å². The molecule has 0 aromatic heterocycles. The Morgan fingerprint density at radius 2 is 2.00 bits per heavy atom. The first-order chi connectivity index (χ1) is 6.00. The van der Waals surface area contributed by atoms with E-state index in [4.69, 9.17) is 4.74 Å². The van der Waals surface area contributed by atoms with Crippen molar-refractivity contribution in [2.75, 3.05) is 14.1 Å². The number of allylic oxidation sites excluding steroid dienone is 2. The first-order valence-corrected chi connectivity index (χ1v) is 3.84. The van der Waals surface area contributed by atoms with Gasteiger partial charge in [0.2, 0.25) is 0 Å². The Morgan fingerprint density at radius 1 is 1.38 bits per heavy atom. The molecular weight excluding hydrogens is 170 g/mol. The fourth-order valence-electron chi connectivity index (χ4n) is 0.968. The van der Waals surface area contributed by atoms with Crippen LogP contribution in [0.1, 0.15) is 6.92 Å². The first kappa shape index (κ1) is 9.51. The van der Waals surface area contributed by atoms with Crippen molar-refractivity contribution in [2.45, 2.75) is 6.92 Å². The number of hydrogen-bond donors (Lipinski definition) is 0. The molecule has 0 bridgehead atoms. The third-order valence-corrected chi connectivity index (χ3v) is 1.46. The highest BCUT2D eigenvalue weighted by Crippen LogP contribution is 2.13. The molecule has 70 valence electrons. The Kier molecular flexibility index (Phi) is 2.51. The lowest BCUT2D eigenvalue weighted by Gasteiger charge is -2.13. The molecule has 4 nitrogen and oxygen atoms in total. The Bertz CT molecular complexity index is 313. The summed E-state index contributed by atoms with van der Waals surface area (Å²) in [7, 11) is 3.47. The molecule has 0 amide bonds. The van der Waals surface area contributed by atoms with Gasteiger partial charge in [-0.3, -0.25) is 4.79 Å². The van der Waals surface area contributed by atoms with Crippen molar-refractivity contribution >= 4 is 11.8 Å². The molecule has 0 unspecified atom stereocenters. The summed E-state index contributed by atoms with van der Waals surface area (Å²) in [6.45, 7) is 1.57. The maximum absolute atomic E-state index is 11.3. The molecule has 0 radical (unpaired) electrons. The van der Waals surface area contributed by atoms with Crippen molar-refractivity contribution in [1.82, 2.24) is 4.90 Å². The lowest BCUT2D eigenvalue weighted by molar-refractivity contribution is -0.137. The normalized spacial score (nSPS) is 19.9. The molecule has 0 aliphatic carbocycles. The highest BCUT2D eigenvalue weighted by atomic mass is 16.5. The van der Waals surface area contributed by atoms with E-state index in [2.05, 4.69) is 0 Å². The van der Waals surface area contributed by atoms with Gasteiger partial charge >= 0.3 is 5.97 Å². The predicted octanol–water partition coefficient (Wildman–Crippen LogP) is 0.462. The van der Waals surface area contributed by atoms with Crippen LogP contribution in [0.5, 0.6) is 0 Å². The summed E-state index contributed by atoms with van der Waals surface area (Å²) in [5.74, 6) is -0.549. The number of nitrogens with zero attached hydrogens (tertiary/aromatic N) is 1. The summed E-state index contributed by atoms with van der Waals surface area (Å²) >= 11 is 0. The van der Waals surface area contributed by atoms with E-state index in [1.807, 2.05) is 0 Å². The van der Waals surface area contributed by atoms with Gasteiger partial charge in [-0.05, 0) is 6.92 Å². The van der Waals surface area contributed by atoms with Crippen molar-refractivity contribution < 1.29 is 14.3 Å². The summed E-state index contributed by atoms with van der Waals surface area (Å²) in [6, 6.07) is 0. The Labute approximate surface area is 76.5 Å². The molecule has 0 atom stereocenters. The van der Waals surface area contributed by atoms with Gasteiger partial charge in [-0.1, -0.05) is 0 Å². The number of carbonyl (C=O) groups excluding carboxylic acids is 2. The number of ether oxygens (including phenoxy) is 1. The molecule has 0 saturated heterocycles. The quantitative estimate of drug-likeness (QED) is 0.335. The van der Waals surface area contributed by atoms with E-state index in [0.717, 1.165) is 0 Å². The van der Waals surface area contributed by atoms with Crippen molar-refractivity contribution in [3.05, 3.63) is 23.6 Å². The largest absolute Gasteiger partial charge is 0.427 e. The van der Waals surface area contributed by atoms with Crippen molar-refractivity contribution in [3.63, 3.8) is 0 Å². The number of carbonyl (C=O) groups is 2. The van der Waals surface area contributed by atoms with Gasteiger partial charge in [0.1, 0.15) is 11.3 Å². The van der Waals surface area contributed by atoms with Gasteiger partial charge in [0.05, 0.1) is 0 Å². The molecule has 1 rings (SSSR count). The zero-order valence-electron chi connectivity index (χ0n) is 7.83. The molecule has 1 aliphatic rings. The minimum atomic E-state index is -0.585. The van der Waals surface area contributed by atoms with E-state index >= 15 is 0 Å². The minimum Gasteiger partial charge on any atom is -0.427 e. The van der Waals surface area contributed by atoms with Crippen LogP contribution < -0.4 is 0 Å². The Balaban J connectivity index is 3.00. The number of ketones is 1. The highest BCUT2D eigenvalue weighted by molar-refractivity contribution is 6.23. The summed E-state index contributed by atoms with van der Waals surface area (Å²) < 4.78 is 4.78. The van der Waals surface area contributed by atoms with Gasteiger partial charge in [-0.25, -0.2) is 4.79 Å². The molecular formula is C9H11NO3. The summed E-state index contributed by atoms with van der Waals surface area (Å²) in [4.78, 5) is 24.1. The van der Waals surface area contributed by atoms with E-state index < -0.39 is 5.97 Å². The average Bonchev–Trinajstić information content (AvgIpc) is 1.96. The minimum absolute atomic E-state index is 0.0654. The second kappa shape index (κ2) is 3.43. The second-order valence-corrected chi connectivity index (χ2v) is 3.02. The van der Waals surface area contributed by atoms with E-state index in [9.17, 15) is 9.59 Å². The van der Waals surface area contributed by atoms with Gasteiger partial charge in [-0.2, -0.15) is 0 Å². The lowest BCUT2D eigenvalue weighted by atomic mass is 10.1. The zero-order chi connectivity index (χ0) is 10.0. The van der Waals surface area contributed by atoms with Gasteiger partial charge in [0, 0.05) is 26.4 Å². The molecule has 0 fully saturated rings. The standard InChI is InChI=1S/C9H11NO3/c1-6-4-8(11)7(5-10(2)3)9(12)13-6/h4-5H,1-3H3/b7-5-. The molecule has 0 aromatic carbocycles. The van der Waals surface area contributed by atoms with Crippen molar-refractivity contribution in [3.8, 4) is 0 Å². The fourth-order valence-corrected chi connectivity index (χ4v) is 0.968. The van der Waals surface area contributed by atoms with Crippen LogP contribution in [0, 0.1) is 0 Å². The first-order valence-electron chi connectivity index (χ1n) is 3.84. The van der Waals surface area contributed by atoms with Crippen LogP contribution in [0.15, 0.2) is 23.6 Å². The van der Waals surface area contributed by atoms with Crippen LogP contribution >= 0.6 is 0 Å². The van der Waals surface area contributed by atoms with Gasteiger partial charge in [-0.15, -0.1) is 0 Å². The molecule has 0 saturated carbocycles. The van der Waals surface area contributed by atoms with Crippen molar-refractivity contribution in [1.29, 1.82) is 0 Å². The lowest BCUT2D eigenvalue weighted by Crippen LogP contribution is -2.21. The number of esters is 1. The summed E-state index contributed by atoms with van der Waals surface area (Å²) in [5, 5.41) is 0. The third kappa shape index (κ3) is 2.18. The molecule has 0 N–H and O–H groups in total. The molecule has 4 heteroatoms. The molecule has 13 heavy (non-hydrogen) atoms. The molecule has 1 aliphatic heterocycles. The second-order valence-electron chi connectivity index (χ2n) is 3.02. The topological polar surface area (TPSA) is 46.6 Å². The van der Waals surface area contributed by atoms with E-state index in [1.54, 1.807) is 25.9 Å². The maximum atomic E-state index is 11.3. The van der Waals surface area contributed by atoms with Gasteiger partial charge in [0.25, 0.3) is 0 Å². The fraction of sp³-hybridized carbons (Fsp3) is 0.333. The highest BCUT2D eigenvalue weighted by Gasteiger charge is 2.24. The number of rotatable bonds is 1. The third-order valence-electron chi connectivity index (χ3n) is 1.46. The maximum Gasteiger partial charge on any atom is 0.348 e. The molecule has 0 aromatic rings. The van der Waals surface area contributed by atoms with E-state index in [-0.39, 0.29) is 11.4 Å². The van der Waals surface area contributed by atoms with Crippen molar-refractivity contribution in [2.24, 2.45) is 0 Å². The van der Waals surface area contributed by atoms with Crippen LogP contribution in [-0.4, -0.2) is 30.7 Å². The Hall–Kier alpha value is -1.58. The summed E-state index contributed by atoms with van der Waals surface area (Å²) in [6.07, 6.45) is 2.75. The van der Waals surface area contributed by atoms with Crippen LogP contribution in [0.2, 0.25) is 0 Å². The van der Waals surface area contributed by atoms with Gasteiger partial charge in [0.15, 0.2) is 5.78 Å². The van der Waals surface area contributed by atoms with Crippen LogP contribution in [-0.2, 0) is 14.3 Å². The zero-order valence-corrected chi connectivity index (χ0v) is 7.83. The monoisotopic (exact) mass is 181 g/mol. The predicted molar refractivity (Wildman–Crippen MR) is 46.6 cm³/mol. The van der Waals surface area contributed by atoms with E-state index in [1.165, 1.54) is 12.3 Å². The molecule has 0 spiro atoms. The number of hydrogen-bond acceptors (Lipinski definition) is 4. The molecule has 1 heterocycles. The average molecular weight is 181 g/mol. The Morgan fingerprint density at radius 3 is 2.46 bits per heavy atom.